The Morgan fingerprint density at radius 3 is 2.53 bits per heavy atom. The van der Waals surface area contributed by atoms with Gasteiger partial charge < -0.3 is 15.4 Å². The van der Waals surface area contributed by atoms with Crippen molar-refractivity contribution in [2.75, 3.05) is 0 Å². The molecule has 0 atom stereocenters. The van der Waals surface area contributed by atoms with Crippen LogP contribution >= 0.6 is 12.2 Å². The van der Waals surface area contributed by atoms with E-state index in [0.29, 0.717) is 11.5 Å². The lowest BCUT2D eigenvalue weighted by Gasteiger charge is -2.11. The molecule has 1 aromatic heterocycles. The molecule has 1 aromatic carbocycles. The van der Waals surface area contributed by atoms with Crippen molar-refractivity contribution < 1.29 is 9.90 Å². The molecule has 0 fully saturated rings. The smallest absolute Gasteiger partial charge is 0.307 e. The van der Waals surface area contributed by atoms with Crippen LogP contribution in [0.4, 0.5) is 0 Å². The first kappa shape index (κ1) is 13.3. The molecule has 0 unspecified atom stereocenters. The molecule has 0 spiro atoms. The van der Waals surface area contributed by atoms with Crippen molar-refractivity contribution in [3.63, 3.8) is 0 Å². The molecule has 0 amide bonds. The number of aromatic nitrogens is 1. The van der Waals surface area contributed by atoms with Crippen LogP contribution in [-0.4, -0.2) is 20.6 Å². The van der Waals surface area contributed by atoms with Crippen LogP contribution in [0.15, 0.2) is 42.6 Å². The Morgan fingerprint density at radius 2 is 1.89 bits per heavy atom. The highest BCUT2D eigenvalue weighted by Gasteiger charge is 2.09. The van der Waals surface area contributed by atoms with E-state index in [1.54, 1.807) is 0 Å². The number of rotatable bonds is 5. The molecule has 4 nitrogen and oxygen atoms in total. The summed E-state index contributed by atoms with van der Waals surface area (Å²) in [5, 5.41) is 8.91. The normalized spacial score (nSPS) is 10.3. The van der Waals surface area contributed by atoms with E-state index in [2.05, 4.69) is 0 Å². The zero-order chi connectivity index (χ0) is 13.8. The lowest BCUT2D eigenvalue weighted by molar-refractivity contribution is -0.136. The monoisotopic (exact) mass is 274 g/mol. The molecule has 0 saturated heterocycles. The third-order valence-electron chi connectivity index (χ3n) is 2.88. The third-order valence-corrected chi connectivity index (χ3v) is 3.09. The summed E-state index contributed by atoms with van der Waals surface area (Å²) in [6.45, 7) is 0.559. The van der Waals surface area contributed by atoms with Gasteiger partial charge in [-0.3, -0.25) is 4.79 Å². The van der Waals surface area contributed by atoms with Gasteiger partial charge in [0.1, 0.15) is 4.99 Å². The average Bonchev–Trinajstić information content (AvgIpc) is 2.79. The number of benzene rings is 1. The van der Waals surface area contributed by atoms with E-state index in [1.165, 1.54) is 0 Å². The zero-order valence-electron chi connectivity index (χ0n) is 10.2. The van der Waals surface area contributed by atoms with E-state index in [4.69, 9.17) is 23.1 Å². The molecule has 0 aliphatic heterocycles. The minimum atomic E-state index is -0.838. The van der Waals surface area contributed by atoms with Gasteiger partial charge in [0.05, 0.1) is 12.1 Å². The van der Waals surface area contributed by atoms with E-state index in [-0.39, 0.29) is 6.42 Å². The van der Waals surface area contributed by atoms with Crippen LogP contribution in [-0.2, 0) is 17.8 Å². The fraction of sp³-hybridized carbons (Fsp3) is 0.143. The van der Waals surface area contributed by atoms with Gasteiger partial charge in [-0.2, -0.15) is 0 Å². The van der Waals surface area contributed by atoms with E-state index in [0.717, 1.165) is 16.8 Å². The van der Waals surface area contributed by atoms with Gasteiger partial charge in [-0.25, -0.2) is 0 Å². The van der Waals surface area contributed by atoms with Crippen molar-refractivity contribution in [1.82, 2.24) is 4.57 Å². The van der Waals surface area contributed by atoms with Crippen molar-refractivity contribution in [3.05, 3.63) is 59.4 Å². The van der Waals surface area contributed by atoms with Gasteiger partial charge in [-0.05, 0) is 23.3 Å². The Hall–Kier alpha value is -2.14. The van der Waals surface area contributed by atoms with Crippen LogP contribution in [0.1, 0.15) is 16.8 Å². The Morgan fingerprint density at radius 1 is 1.21 bits per heavy atom. The van der Waals surface area contributed by atoms with Crippen molar-refractivity contribution in [3.8, 4) is 0 Å². The average molecular weight is 274 g/mol. The highest BCUT2D eigenvalue weighted by atomic mass is 32.1. The number of carboxylic acid groups (broad SMARTS) is 1. The fourth-order valence-electron chi connectivity index (χ4n) is 2.01. The number of carbonyl (C=O) groups is 1. The molecule has 1 heterocycles. The quantitative estimate of drug-likeness (QED) is 0.816. The maximum atomic E-state index is 10.9. The van der Waals surface area contributed by atoms with Gasteiger partial charge in [0, 0.05) is 12.7 Å². The first-order chi connectivity index (χ1) is 9.08. The predicted octanol–water partition coefficient (Wildman–Crippen LogP) is 1.80. The molecule has 5 heteroatoms. The predicted molar refractivity (Wildman–Crippen MR) is 77.2 cm³/mol. The summed E-state index contributed by atoms with van der Waals surface area (Å²) < 4.78 is 1.92. The summed E-state index contributed by atoms with van der Waals surface area (Å²) in [5.41, 5.74) is 8.19. The van der Waals surface area contributed by atoms with Crippen LogP contribution in [0.5, 0.6) is 0 Å². The van der Waals surface area contributed by atoms with Gasteiger partial charge in [0.25, 0.3) is 0 Å². The number of thiocarbonyl (C=S) groups is 1. The highest BCUT2D eigenvalue weighted by molar-refractivity contribution is 7.80. The van der Waals surface area contributed by atoms with Crippen LogP contribution in [0.25, 0.3) is 0 Å². The first-order valence-corrected chi connectivity index (χ1v) is 6.22. The number of carboxylic acids is 1. The second-order valence-corrected chi connectivity index (χ2v) is 4.66. The SMILES string of the molecule is NC(=S)c1cccn1Cc1ccccc1CC(=O)O. The van der Waals surface area contributed by atoms with Crippen LogP contribution in [0, 0.1) is 0 Å². The highest BCUT2D eigenvalue weighted by Crippen LogP contribution is 2.13. The fourth-order valence-corrected chi connectivity index (χ4v) is 2.19. The van der Waals surface area contributed by atoms with Crippen molar-refractivity contribution >= 4 is 23.2 Å². The molecule has 0 radical (unpaired) electrons. The molecular formula is C14H14N2O2S. The maximum Gasteiger partial charge on any atom is 0.307 e. The van der Waals surface area contributed by atoms with E-state index in [1.807, 2.05) is 47.2 Å². The van der Waals surface area contributed by atoms with Crippen molar-refractivity contribution in [2.45, 2.75) is 13.0 Å². The number of nitrogens with two attached hydrogens (primary N) is 1. The van der Waals surface area contributed by atoms with Crippen molar-refractivity contribution in [1.29, 1.82) is 0 Å². The molecule has 0 saturated carbocycles. The van der Waals surface area contributed by atoms with E-state index >= 15 is 0 Å². The van der Waals surface area contributed by atoms with Crippen LogP contribution < -0.4 is 5.73 Å². The molecule has 0 aliphatic rings. The Balaban J connectivity index is 2.30. The van der Waals surface area contributed by atoms with Crippen LogP contribution in [0.3, 0.4) is 0 Å². The van der Waals surface area contributed by atoms with Gasteiger partial charge in [0.15, 0.2) is 0 Å². The summed E-state index contributed by atoms with van der Waals surface area (Å²) in [6, 6.07) is 11.2. The summed E-state index contributed by atoms with van der Waals surface area (Å²) in [7, 11) is 0. The molecule has 0 bridgehead atoms. The Bertz CT molecular complexity index is 619. The van der Waals surface area contributed by atoms with Gasteiger partial charge >= 0.3 is 5.97 Å². The van der Waals surface area contributed by atoms with E-state index < -0.39 is 5.97 Å². The Labute approximate surface area is 116 Å². The van der Waals surface area contributed by atoms with Crippen molar-refractivity contribution in [2.24, 2.45) is 5.73 Å². The second-order valence-electron chi connectivity index (χ2n) is 4.22. The standard InChI is InChI=1S/C14H14N2O2S/c15-14(19)12-6-3-7-16(12)9-11-5-2-1-4-10(11)8-13(17)18/h1-7H,8-9H2,(H2,15,19)(H,17,18). The third kappa shape index (κ3) is 3.20. The molecule has 19 heavy (non-hydrogen) atoms. The van der Waals surface area contributed by atoms with Gasteiger partial charge in [-0.15, -0.1) is 0 Å². The lowest BCUT2D eigenvalue weighted by Crippen LogP contribution is -2.16. The molecule has 0 aliphatic carbocycles. The number of hydrogen-bond donors (Lipinski definition) is 2. The molecule has 98 valence electrons. The van der Waals surface area contributed by atoms with Gasteiger partial charge in [-0.1, -0.05) is 36.5 Å². The molecular weight excluding hydrogens is 260 g/mol. The minimum absolute atomic E-state index is 0.0137. The molecule has 2 rings (SSSR count). The Kier molecular flexibility index (Phi) is 3.97. The number of nitrogens with zero attached hydrogens (tertiary/aromatic N) is 1. The number of hydrogen-bond acceptors (Lipinski definition) is 2. The minimum Gasteiger partial charge on any atom is -0.481 e. The van der Waals surface area contributed by atoms with Crippen LogP contribution in [0.2, 0.25) is 0 Å². The number of aliphatic carboxylic acids is 1. The maximum absolute atomic E-state index is 10.9. The van der Waals surface area contributed by atoms with E-state index in [9.17, 15) is 4.79 Å². The summed E-state index contributed by atoms with van der Waals surface area (Å²) in [4.78, 5) is 11.2. The largest absolute Gasteiger partial charge is 0.481 e. The topological polar surface area (TPSA) is 68.2 Å². The lowest BCUT2D eigenvalue weighted by atomic mass is 10.0. The van der Waals surface area contributed by atoms with Gasteiger partial charge in [0.2, 0.25) is 0 Å². The molecule has 3 N–H and O–H groups in total. The summed E-state index contributed by atoms with van der Waals surface area (Å²) >= 11 is 4.99. The first-order valence-electron chi connectivity index (χ1n) is 5.81. The zero-order valence-corrected chi connectivity index (χ0v) is 11.1. The summed E-state index contributed by atoms with van der Waals surface area (Å²) in [6.07, 6.45) is 1.89. The summed E-state index contributed by atoms with van der Waals surface area (Å²) in [5.74, 6) is -0.838. The second kappa shape index (κ2) is 5.67. The molecule has 2 aromatic rings.